The Morgan fingerprint density at radius 3 is 2.86 bits per heavy atom. The van der Waals surface area contributed by atoms with Gasteiger partial charge >= 0.3 is 5.97 Å². The lowest BCUT2D eigenvalue weighted by Crippen LogP contribution is -2.24. The minimum absolute atomic E-state index is 0.131. The quantitative estimate of drug-likeness (QED) is 0.543. The highest BCUT2D eigenvalue weighted by atomic mass is 32.1. The molecule has 0 aromatic carbocycles. The predicted octanol–water partition coefficient (Wildman–Crippen LogP) is 2.70. The van der Waals surface area contributed by atoms with Gasteiger partial charge in [-0.2, -0.15) is 0 Å². The van der Waals surface area contributed by atoms with E-state index in [-0.39, 0.29) is 5.91 Å². The van der Waals surface area contributed by atoms with Crippen LogP contribution >= 0.6 is 11.3 Å². The van der Waals surface area contributed by atoms with Crippen LogP contribution in [0.25, 0.3) is 6.08 Å². The summed E-state index contributed by atoms with van der Waals surface area (Å²) in [6, 6.07) is 1.77. The molecule has 5 nitrogen and oxygen atoms in total. The first-order chi connectivity index (χ1) is 10.0. The molecule has 0 saturated heterocycles. The van der Waals surface area contributed by atoms with Gasteiger partial charge in [0.15, 0.2) is 0 Å². The van der Waals surface area contributed by atoms with Crippen molar-refractivity contribution in [1.29, 1.82) is 0 Å². The zero-order valence-electron chi connectivity index (χ0n) is 12.3. The Balaban J connectivity index is 2.44. The molecule has 0 fully saturated rings. The monoisotopic (exact) mass is 311 g/mol. The molecule has 0 bridgehead atoms. The number of thiophene rings is 1. The van der Waals surface area contributed by atoms with Gasteiger partial charge in [0.2, 0.25) is 0 Å². The Kier molecular flexibility index (Phi) is 7.71. The van der Waals surface area contributed by atoms with Gasteiger partial charge in [-0.1, -0.05) is 6.92 Å². The van der Waals surface area contributed by atoms with E-state index in [0.717, 1.165) is 36.0 Å². The normalized spacial score (nSPS) is 11.0. The molecular formula is C15H21NO4S. The maximum absolute atomic E-state index is 12.0. The minimum Gasteiger partial charge on any atom is -0.478 e. The molecule has 0 aliphatic heterocycles. The van der Waals surface area contributed by atoms with Crippen molar-refractivity contribution in [3.05, 3.63) is 27.5 Å². The third-order valence-corrected chi connectivity index (χ3v) is 3.86. The van der Waals surface area contributed by atoms with Crippen LogP contribution in [0.3, 0.4) is 0 Å². The maximum Gasteiger partial charge on any atom is 0.328 e. The summed E-state index contributed by atoms with van der Waals surface area (Å²) in [7, 11) is 0. The minimum atomic E-state index is -0.999. The van der Waals surface area contributed by atoms with E-state index in [1.807, 2.05) is 6.92 Å². The number of nitrogens with one attached hydrogen (secondary N) is 1. The van der Waals surface area contributed by atoms with Crippen LogP contribution < -0.4 is 5.32 Å². The van der Waals surface area contributed by atoms with Crippen LogP contribution in [0.5, 0.6) is 0 Å². The number of carboxylic acids is 1. The summed E-state index contributed by atoms with van der Waals surface area (Å²) in [6.07, 6.45) is 4.36. The number of ether oxygens (including phenoxy) is 1. The van der Waals surface area contributed by atoms with Crippen LogP contribution in [0.4, 0.5) is 0 Å². The fourth-order valence-corrected chi connectivity index (χ4v) is 2.62. The zero-order chi connectivity index (χ0) is 15.7. The van der Waals surface area contributed by atoms with Gasteiger partial charge in [0.05, 0.1) is 4.88 Å². The van der Waals surface area contributed by atoms with Crippen LogP contribution in [0, 0.1) is 6.92 Å². The smallest absolute Gasteiger partial charge is 0.328 e. The largest absolute Gasteiger partial charge is 0.478 e. The molecule has 0 radical (unpaired) electrons. The van der Waals surface area contributed by atoms with Crippen molar-refractivity contribution in [2.24, 2.45) is 0 Å². The third-order valence-electron chi connectivity index (χ3n) is 2.66. The van der Waals surface area contributed by atoms with E-state index in [1.165, 1.54) is 17.4 Å². The van der Waals surface area contributed by atoms with Crippen LogP contribution in [0.15, 0.2) is 12.1 Å². The molecule has 1 aromatic heterocycles. The molecule has 2 N–H and O–H groups in total. The fraction of sp³-hybridized carbons (Fsp3) is 0.467. The van der Waals surface area contributed by atoms with Crippen molar-refractivity contribution in [3.63, 3.8) is 0 Å². The molecule has 0 atom stereocenters. The maximum atomic E-state index is 12.0. The third kappa shape index (κ3) is 6.55. The number of aliphatic carboxylic acids is 1. The van der Waals surface area contributed by atoms with E-state index in [1.54, 1.807) is 6.07 Å². The molecule has 21 heavy (non-hydrogen) atoms. The molecule has 1 aromatic rings. The molecule has 1 heterocycles. The molecule has 6 heteroatoms. The summed E-state index contributed by atoms with van der Waals surface area (Å²) in [5, 5.41) is 11.4. The Morgan fingerprint density at radius 1 is 1.43 bits per heavy atom. The van der Waals surface area contributed by atoms with E-state index in [4.69, 9.17) is 9.84 Å². The first kappa shape index (κ1) is 17.4. The van der Waals surface area contributed by atoms with Crippen molar-refractivity contribution >= 4 is 29.3 Å². The molecule has 0 saturated carbocycles. The number of aryl methyl sites for hydroxylation is 1. The van der Waals surface area contributed by atoms with Gasteiger partial charge in [0.1, 0.15) is 0 Å². The van der Waals surface area contributed by atoms with E-state index in [9.17, 15) is 9.59 Å². The van der Waals surface area contributed by atoms with Gasteiger partial charge in [-0.15, -0.1) is 11.3 Å². The Bertz CT molecular complexity index is 508. The second kappa shape index (κ2) is 9.31. The number of amides is 1. The highest BCUT2D eigenvalue weighted by Crippen LogP contribution is 2.23. The van der Waals surface area contributed by atoms with Gasteiger partial charge in [-0.25, -0.2) is 4.79 Å². The molecule has 116 valence electrons. The first-order valence-corrected chi connectivity index (χ1v) is 7.73. The molecule has 0 aliphatic rings. The average Bonchev–Trinajstić information content (AvgIpc) is 2.81. The van der Waals surface area contributed by atoms with E-state index in [0.29, 0.717) is 18.0 Å². The van der Waals surface area contributed by atoms with E-state index >= 15 is 0 Å². The predicted molar refractivity (Wildman–Crippen MR) is 83.8 cm³/mol. The lowest BCUT2D eigenvalue weighted by Gasteiger charge is -2.04. The first-order valence-electron chi connectivity index (χ1n) is 6.92. The van der Waals surface area contributed by atoms with Crippen LogP contribution in [-0.2, 0) is 9.53 Å². The summed E-state index contributed by atoms with van der Waals surface area (Å²) < 4.78 is 5.33. The summed E-state index contributed by atoms with van der Waals surface area (Å²) >= 11 is 1.29. The average molecular weight is 311 g/mol. The Labute approximate surface area is 128 Å². The van der Waals surface area contributed by atoms with Gasteiger partial charge in [-0.05, 0) is 37.5 Å². The molecule has 1 amide bonds. The zero-order valence-corrected chi connectivity index (χ0v) is 13.2. The molecule has 0 aliphatic carbocycles. The highest BCUT2D eigenvalue weighted by molar-refractivity contribution is 7.15. The number of carbonyl (C=O) groups is 2. The summed E-state index contributed by atoms with van der Waals surface area (Å²) in [5.41, 5.74) is 0.897. The fourth-order valence-electron chi connectivity index (χ4n) is 1.63. The van der Waals surface area contributed by atoms with Gasteiger partial charge < -0.3 is 15.2 Å². The summed E-state index contributed by atoms with van der Waals surface area (Å²) in [5.74, 6) is -1.13. The lowest BCUT2D eigenvalue weighted by atomic mass is 10.2. The van der Waals surface area contributed by atoms with Crippen molar-refractivity contribution in [2.45, 2.75) is 26.7 Å². The van der Waals surface area contributed by atoms with Gasteiger partial charge in [0.25, 0.3) is 5.91 Å². The molecule has 1 rings (SSSR count). The van der Waals surface area contributed by atoms with Crippen molar-refractivity contribution in [3.8, 4) is 0 Å². The van der Waals surface area contributed by atoms with Crippen LogP contribution in [-0.4, -0.2) is 36.7 Å². The number of rotatable bonds is 9. The molecular weight excluding hydrogens is 290 g/mol. The van der Waals surface area contributed by atoms with Crippen LogP contribution in [0.1, 0.15) is 39.9 Å². The SMILES string of the molecule is CCCOCCCNC(=O)c1cc(C)c(/C=C/C(=O)O)s1. The van der Waals surface area contributed by atoms with E-state index in [2.05, 4.69) is 12.2 Å². The van der Waals surface area contributed by atoms with Gasteiger partial charge in [-0.3, -0.25) is 4.79 Å². The summed E-state index contributed by atoms with van der Waals surface area (Å²) in [4.78, 5) is 23.8. The summed E-state index contributed by atoms with van der Waals surface area (Å²) in [6.45, 7) is 5.87. The second-order valence-electron chi connectivity index (χ2n) is 4.55. The van der Waals surface area contributed by atoms with Crippen molar-refractivity contribution in [2.75, 3.05) is 19.8 Å². The topological polar surface area (TPSA) is 75.6 Å². The van der Waals surface area contributed by atoms with E-state index < -0.39 is 5.97 Å². The Hall–Kier alpha value is -1.66. The number of hydrogen-bond donors (Lipinski definition) is 2. The molecule has 0 unspecified atom stereocenters. The van der Waals surface area contributed by atoms with Crippen molar-refractivity contribution in [1.82, 2.24) is 5.32 Å². The number of carboxylic acid groups (broad SMARTS) is 1. The lowest BCUT2D eigenvalue weighted by molar-refractivity contribution is -0.131. The number of carbonyl (C=O) groups excluding carboxylic acids is 1. The van der Waals surface area contributed by atoms with Gasteiger partial charge in [0, 0.05) is 30.7 Å². The molecule has 0 spiro atoms. The van der Waals surface area contributed by atoms with Crippen LogP contribution in [0.2, 0.25) is 0 Å². The standard InChI is InChI=1S/C15H21NO4S/c1-3-8-20-9-4-7-16-15(19)13-10-11(2)12(21-13)5-6-14(17)18/h5-6,10H,3-4,7-9H2,1-2H3,(H,16,19)(H,17,18)/b6-5+. The number of hydrogen-bond acceptors (Lipinski definition) is 4. The highest BCUT2D eigenvalue weighted by Gasteiger charge is 2.10. The second-order valence-corrected chi connectivity index (χ2v) is 5.64. The van der Waals surface area contributed by atoms with Crippen molar-refractivity contribution < 1.29 is 19.4 Å². The Morgan fingerprint density at radius 2 is 2.19 bits per heavy atom.